The van der Waals surface area contributed by atoms with Gasteiger partial charge in [0.2, 0.25) is 15.9 Å². The zero-order valence-corrected chi connectivity index (χ0v) is 10.4. The number of benzene rings is 1. The normalized spacial score (nSPS) is 11.6. The Labute approximate surface area is 108 Å². The fourth-order valence-electron chi connectivity index (χ4n) is 1.47. The van der Waals surface area contributed by atoms with Crippen molar-refractivity contribution in [1.29, 1.82) is 0 Å². The van der Waals surface area contributed by atoms with Gasteiger partial charge in [-0.3, -0.25) is 4.79 Å². The Morgan fingerprint density at radius 2 is 2.00 bits per heavy atom. The van der Waals surface area contributed by atoms with E-state index >= 15 is 0 Å². The first kappa shape index (κ1) is 13.2. The lowest BCUT2D eigenvalue weighted by molar-refractivity contribution is -0.116. The predicted molar refractivity (Wildman–Crippen MR) is 66.9 cm³/mol. The van der Waals surface area contributed by atoms with Crippen molar-refractivity contribution >= 4 is 26.9 Å². The molecule has 0 saturated heterocycles. The summed E-state index contributed by atoms with van der Waals surface area (Å²) in [5.41, 5.74) is 4.63. The van der Waals surface area contributed by atoms with Gasteiger partial charge in [-0.1, -0.05) is 0 Å². The summed E-state index contributed by atoms with van der Waals surface area (Å²) in [4.78, 5) is 21.5. The Balaban J connectivity index is 2.43. The van der Waals surface area contributed by atoms with Crippen LogP contribution in [0.1, 0.15) is 0 Å². The number of carbonyl (C=O) groups is 1. The maximum atomic E-state index is 11.8. The minimum Gasteiger partial charge on any atom is -0.423 e. The van der Waals surface area contributed by atoms with Crippen molar-refractivity contribution in [2.75, 3.05) is 6.54 Å². The van der Waals surface area contributed by atoms with Crippen LogP contribution in [-0.4, -0.2) is 20.9 Å². The fourth-order valence-corrected chi connectivity index (χ4v) is 2.49. The smallest absolute Gasteiger partial charge is 0.336 e. The Bertz CT molecular complexity index is 794. The summed E-state index contributed by atoms with van der Waals surface area (Å²) in [6.07, 6.45) is 0. The minimum absolute atomic E-state index is 0.0462. The molecular weight excluding hydrogens is 272 g/mol. The molecule has 8 heteroatoms. The first-order valence-electron chi connectivity index (χ1n) is 5.20. The highest BCUT2D eigenvalue weighted by molar-refractivity contribution is 7.89. The molecule has 2 aromatic rings. The first-order valence-corrected chi connectivity index (χ1v) is 6.69. The minimum atomic E-state index is -3.83. The third-order valence-electron chi connectivity index (χ3n) is 2.34. The number of nitrogens with two attached hydrogens (primary N) is 1. The summed E-state index contributed by atoms with van der Waals surface area (Å²) in [5, 5.41) is 0.460. The van der Waals surface area contributed by atoms with E-state index in [1.54, 1.807) is 0 Å². The number of hydrogen-bond donors (Lipinski definition) is 2. The van der Waals surface area contributed by atoms with Gasteiger partial charge < -0.3 is 10.2 Å². The second kappa shape index (κ2) is 4.82. The molecule has 3 N–H and O–H groups in total. The SMILES string of the molecule is NC(=O)CNS(=O)(=O)c1ccc2oc(=O)ccc2c1. The van der Waals surface area contributed by atoms with E-state index < -0.39 is 28.1 Å². The zero-order valence-electron chi connectivity index (χ0n) is 9.62. The quantitative estimate of drug-likeness (QED) is 0.736. The van der Waals surface area contributed by atoms with Gasteiger partial charge in [0.1, 0.15) is 5.58 Å². The predicted octanol–water partition coefficient (Wildman–Crippen LogP) is -0.443. The van der Waals surface area contributed by atoms with Gasteiger partial charge >= 0.3 is 5.63 Å². The van der Waals surface area contributed by atoms with Crippen LogP contribution in [0.3, 0.4) is 0 Å². The van der Waals surface area contributed by atoms with Crippen LogP contribution in [0.5, 0.6) is 0 Å². The topological polar surface area (TPSA) is 119 Å². The van der Waals surface area contributed by atoms with E-state index in [4.69, 9.17) is 10.2 Å². The summed E-state index contributed by atoms with van der Waals surface area (Å²) in [6.45, 7) is -0.482. The van der Waals surface area contributed by atoms with Crippen LogP contribution in [-0.2, 0) is 14.8 Å². The van der Waals surface area contributed by atoms with Gasteiger partial charge in [0.25, 0.3) is 0 Å². The third kappa shape index (κ3) is 2.98. The second-order valence-corrected chi connectivity index (χ2v) is 5.51. The largest absolute Gasteiger partial charge is 0.423 e. The molecule has 0 aliphatic carbocycles. The molecule has 1 aromatic carbocycles. The average Bonchev–Trinajstić information content (AvgIpc) is 2.36. The van der Waals surface area contributed by atoms with E-state index in [2.05, 4.69) is 4.72 Å². The molecule has 0 saturated carbocycles. The number of nitrogens with one attached hydrogen (secondary N) is 1. The third-order valence-corrected chi connectivity index (χ3v) is 3.74. The van der Waals surface area contributed by atoms with Crippen LogP contribution in [0.2, 0.25) is 0 Å². The standard InChI is InChI=1S/C11H10N2O5S/c12-10(14)6-13-19(16,17)8-2-3-9-7(5-8)1-4-11(15)18-9/h1-5,13H,6H2,(H2,12,14). The summed E-state index contributed by atoms with van der Waals surface area (Å²) in [6, 6.07) is 6.62. The highest BCUT2D eigenvalue weighted by Gasteiger charge is 2.15. The fraction of sp³-hybridized carbons (Fsp3) is 0.0909. The zero-order chi connectivity index (χ0) is 14.0. The molecule has 0 bridgehead atoms. The molecule has 0 aliphatic rings. The van der Waals surface area contributed by atoms with Crippen molar-refractivity contribution in [1.82, 2.24) is 4.72 Å². The molecule has 2 rings (SSSR count). The summed E-state index contributed by atoms with van der Waals surface area (Å²) >= 11 is 0. The number of hydrogen-bond acceptors (Lipinski definition) is 5. The average molecular weight is 282 g/mol. The number of fused-ring (bicyclic) bond motifs is 1. The highest BCUT2D eigenvalue weighted by Crippen LogP contribution is 2.17. The molecule has 1 heterocycles. The van der Waals surface area contributed by atoms with Crippen molar-refractivity contribution in [3.05, 3.63) is 40.8 Å². The van der Waals surface area contributed by atoms with Gasteiger partial charge in [0.15, 0.2) is 0 Å². The van der Waals surface area contributed by atoms with E-state index in [9.17, 15) is 18.0 Å². The van der Waals surface area contributed by atoms with E-state index in [1.807, 2.05) is 0 Å². The van der Waals surface area contributed by atoms with Gasteiger partial charge in [0.05, 0.1) is 11.4 Å². The number of amides is 1. The van der Waals surface area contributed by atoms with Crippen LogP contribution in [0.15, 0.2) is 44.4 Å². The molecule has 0 radical (unpaired) electrons. The van der Waals surface area contributed by atoms with Crippen molar-refractivity contribution in [3.63, 3.8) is 0 Å². The Morgan fingerprint density at radius 3 is 2.68 bits per heavy atom. The van der Waals surface area contributed by atoms with E-state index in [0.29, 0.717) is 5.39 Å². The lowest BCUT2D eigenvalue weighted by Crippen LogP contribution is -2.33. The van der Waals surface area contributed by atoms with Gasteiger partial charge in [-0.15, -0.1) is 0 Å². The molecule has 1 aromatic heterocycles. The lowest BCUT2D eigenvalue weighted by atomic mass is 10.2. The number of primary amides is 1. The number of sulfonamides is 1. The molecule has 0 spiro atoms. The van der Waals surface area contributed by atoms with Gasteiger partial charge in [0, 0.05) is 11.5 Å². The maximum Gasteiger partial charge on any atom is 0.336 e. The van der Waals surface area contributed by atoms with E-state index in [0.717, 1.165) is 0 Å². The molecule has 0 fully saturated rings. The van der Waals surface area contributed by atoms with Gasteiger partial charge in [-0.2, -0.15) is 0 Å². The summed E-state index contributed by atoms with van der Waals surface area (Å²) < 4.78 is 30.6. The molecule has 1 amide bonds. The molecule has 0 aliphatic heterocycles. The molecule has 100 valence electrons. The van der Waals surface area contributed by atoms with Crippen LogP contribution < -0.4 is 16.1 Å². The first-order chi connectivity index (χ1) is 8.88. The Morgan fingerprint density at radius 1 is 1.26 bits per heavy atom. The maximum absolute atomic E-state index is 11.8. The van der Waals surface area contributed by atoms with Crippen molar-refractivity contribution in [3.8, 4) is 0 Å². The number of carbonyl (C=O) groups excluding carboxylic acids is 1. The molecule has 0 atom stereocenters. The van der Waals surface area contributed by atoms with Gasteiger partial charge in [-0.25, -0.2) is 17.9 Å². The van der Waals surface area contributed by atoms with Crippen molar-refractivity contribution in [2.24, 2.45) is 5.73 Å². The van der Waals surface area contributed by atoms with Crippen LogP contribution in [0, 0.1) is 0 Å². The molecule has 19 heavy (non-hydrogen) atoms. The molecular formula is C11H10N2O5S. The molecule has 0 unspecified atom stereocenters. The summed E-state index contributed by atoms with van der Waals surface area (Å²) in [5.74, 6) is -0.782. The van der Waals surface area contributed by atoms with Crippen molar-refractivity contribution < 1.29 is 17.6 Å². The van der Waals surface area contributed by atoms with Crippen molar-refractivity contribution in [2.45, 2.75) is 4.90 Å². The van der Waals surface area contributed by atoms with Crippen LogP contribution in [0.25, 0.3) is 11.0 Å². The summed E-state index contributed by atoms with van der Waals surface area (Å²) in [7, 11) is -3.83. The Kier molecular flexibility index (Phi) is 3.36. The van der Waals surface area contributed by atoms with Crippen LogP contribution in [0.4, 0.5) is 0 Å². The van der Waals surface area contributed by atoms with Crippen LogP contribution >= 0.6 is 0 Å². The van der Waals surface area contributed by atoms with E-state index in [1.165, 1.54) is 30.3 Å². The number of rotatable bonds is 4. The Hall–Kier alpha value is -2.19. The lowest BCUT2D eigenvalue weighted by Gasteiger charge is -2.05. The molecule has 7 nitrogen and oxygen atoms in total. The van der Waals surface area contributed by atoms with Gasteiger partial charge in [-0.05, 0) is 24.3 Å². The van der Waals surface area contributed by atoms with E-state index in [-0.39, 0.29) is 10.5 Å². The monoisotopic (exact) mass is 282 g/mol. The highest BCUT2D eigenvalue weighted by atomic mass is 32.2. The second-order valence-electron chi connectivity index (χ2n) is 3.74.